The lowest BCUT2D eigenvalue weighted by molar-refractivity contribution is -0.115. The summed E-state index contributed by atoms with van der Waals surface area (Å²) in [5.74, 6) is -1.28. The second-order valence-corrected chi connectivity index (χ2v) is 12.3. The molecule has 0 fully saturated rings. The van der Waals surface area contributed by atoms with Crippen LogP contribution in [0.2, 0.25) is 0 Å². The summed E-state index contributed by atoms with van der Waals surface area (Å²) in [4.78, 5) is 51.6. The average Bonchev–Trinajstić information content (AvgIpc) is 3.09. The molecule has 4 amide bonds. The smallest absolute Gasteiger partial charge is 0.272 e. The van der Waals surface area contributed by atoms with Gasteiger partial charge in [0.2, 0.25) is 11.8 Å². The first kappa shape index (κ1) is 33.4. The molecule has 5 rings (SSSR count). The summed E-state index contributed by atoms with van der Waals surface area (Å²) in [6, 6.07) is 40.4. The number of rotatable bonds is 11. The Labute approximate surface area is 283 Å². The first-order valence-corrected chi connectivity index (χ1v) is 16.1. The monoisotopic (exact) mass is 654 g/mol. The summed E-state index contributed by atoms with van der Waals surface area (Å²) < 4.78 is 0. The second kappa shape index (κ2) is 16.1. The highest BCUT2D eigenvalue weighted by Crippen LogP contribution is 2.27. The van der Waals surface area contributed by atoms with Crippen LogP contribution in [0.3, 0.4) is 0 Å². The van der Waals surface area contributed by atoms with Crippen molar-refractivity contribution >= 4 is 58.5 Å². The summed E-state index contributed by atoms with van der Waals surface area (Å²) in [6.07, 6.45) is 1.64. The van der Waals surface area contributed by atoms with E-state index < -0.39 is 17.1 Å². The van der Waals surface area contributed by atoms with Crippen molar-refractivity contribution in [2.24, 2.45) is 0 Å². The van der Waals surface area contributed by atoms with Gasteiger partial charge in [-0.2, -0.15) is 0 Å². The highest BCUT2D eigenvalue weighted by Gasteiger charge is 2.18. The lowest BCUT2D eigenvalue weighted by Crippen LogP contribution is -2.30. The van der Waals surface area contributed by atoms with E-state index in [1.165, 1.54) is 18.7 Å². The standard InChI is InChI=1S/C39H34N4O4S/c1-26(37(45)41-33-22-20-32(21-23-33)40-27(2)44)48-35-15-9-14-34(25-35)42-39(47)36(43-38(46)31-12-7-4-8-13-31)24-28-16-18-30(19-17-28)29-10-5-3-6-11-29/h3-26H,1-2H3,(H,40,44)(H,41,45)(H,42,47)(H,43,46)/b36-24+. The molecule has 4 N–H and O–H groups in total. The van der Waals surface area contributed by atoms with Crippen LogP contribution in [0.5, 0.6) is 0 Å². The van der Waals surface area contributed by atoms with E-state index in [0.717, 1.165) is 21.6 Å². The lowest BCUT2D eigenvalue weighted by Gasteiger charge is -2.14. The minimum absolute atomic E-state index is 0.0756. The van der Waals surface area contributed by atoms with Crippen molar-refractivity contribution in [2.45, 2.75) is 24.0 Å². The first-order chi connectivity index (χ1) is 23.2. The third-order valence-corrected chi connectivity index (χ3v) is 8.20. The number of nitrogens with one attached hydrogen (secondary N) is 4. The van der Waals surface area contributed by atoms with Crippen molar-refractivity contribution < 1.29 is 19.2 Å². The molecule has 0 saturated carbocycles. The first-order valence-electron chi connectivity index (χ1n) is 15.2. The van der Waals surface area contributed by atoms with Crippen LogP contribution < -0.4 is 21.3 Å². The number of thioether (sulfide) groups is 1. The molecule has 0 aliphatic carbocycles. The molecule has 9 heteroatoms. The van der Waals surface area contributed by atoms with Gasteiger partial charge in [0.25, 0.3) is 11.8 Å². The van der Waals surface area contributed by atoms with Crippen LogP contribution >= 0.6 is 11.8 Å². The fraction of sp³-hybridized carbons (Fsp3) is 0.0769. The molecule has 5 aromatic carbocycles. The molecule has 0 bridgehead atoms. The fourth-order valence-corrected chi connectivity index (χ4v) is 5.63. The average molecular weight is 655 g/mol. The van der Waals surface area contributed by atoms with E-state index in [1.807, 2.05) is 66.7 Å². The van der Waals surface area contributed by atoms with Gasteiger partial charge in [0.15, 0.2) is 0 Å². The zero-order chi connectivity index (χ0) is 33.9. The SMILES string of the molecule is CC(=O)Nc1ccc(NC(=O)C(C)Sc2cccc(NC(=O)/C(=C\c3ccc(-c4ccccc4)cc3)NC(=O)c3ccccc3)c2)cc1. The van der Waals surface area contributed by atoms with Gasteiger partial charge in [0.1, 0.15) is 5.70 Å². The molecule has 48 heavy (non-hydrogen) atoms. The van der Waals surface area contributed by atoms with Crippen LogP contribution in [0.25, 0.3) is 17.2 Å². The van der Waals surface area contributed by atoms with Gasteiger partial charge >= 0.3 is 0 Å². The predicted octanol–water partition coefficient (Wildman–Crippen LogP) is 7.84. The Morgan fingerprint density at radius 1 is 0.625 bits per heavy atom. The fourth-order valence-electron chi connectivity index (χ4n) is 4.70. The van der Waals surface area contributed by atoms with Crippen LogP contribution in [0, 0.1) is 0 Å². The van der Waals surface area contributed by atoms with Gasteiger partial charge in [0, 0.05) is 34.4 Å². The Morgan fingerprint density at radius 2 is 1.23 bits per heavy atom. The predicted molar refractivity (Wildman–Crippen MR) is 194 cm³/mol. The molecular formula is C39H34N4O4S. The van der Waals surface area contributed by atoms with Gasteiger partial charge in [-0.25, -0.2) is 0 Å². The molecule has 0 aliphatic heterocycles. The van der Waals surface area contributed by atoms with Crippen LogP contribution in [0.15, 0.2) is 144 Å². The molecule has 1 atom stereocenters. The van der Waals surface area contributed by atoms with Crippen LogP contribution in [0.1, 0.15) is 29.8 Å². The lowest BCUT2D eigenvalue weighted by atomic mass is 10.0. The topological polar surface area (TPSA) is 116 Å². The maximum atomic E-state index is 13.6. The van der Waals surface area contributed by atoms with Crippen molar-refractivity contribution in [2.75, 3.05) is 16.0 Å². The molecular weight excluding hydrogens is 621 g/mol. The van der Waals surface area contributed by atoms with Gasteiger partial charge in [0.05, 0.1) is 5.25 Å². The number of benzene rings is 5. The molecule has 0 saturated heterocycles. The molecule has 0 spiro atoms. The van der Waals surface area contributed by atoms with E-state index in [0.29, 0.717) is 22.6 Å². The van der Waals surface area contributed by atoms with Crippen molar-refractivity contribution in [3.8, 4) is 11.1 Å². The summed E-state index contributed by atoms with van der Waals surface area (Å²) in [5, 5.41) is 10.8. The minimum atomic E-state index is -0.498. The molecule has 0 radical (unpaired) electrons. The summed E-state index contributed by atoms with van der Waals surface area (Å²) in [6.45, 7) is 3.22. The van der Waals surface area contributed by atoms with Crippen LogP contribution in [0.4, 0.5) is 17.1 Å². The Kier molecular flexibility index (Phi) is 11.2. The van der Waals surface area contributed by atoms with Gasteiger partial charge in [-0.1, -0.05) is 78.9 Å². The quantitative estimate of drug-likeness (QED) is 0.0856. The molecule has 240 valence electrons. The van der Waals surface area contributed by atoms with Crippen molar-refractivity contribution in [1.29, 1.82) is 0 Å². The van der Waals surface area contributed by atoms with Crippen LogP contribution in [-0.4, -0.2) is 28.9 Å². The Balaban J connectivity index is 1.28. The molecule has 0 heterocycles. The van der Waals surface area contributed by atoms with E-state index in [2.05, 4.69) is 21.3 Å². The third-order valence-electron chi connectivity index (χ3n) is 7.10. The normalized spacial score (nSPS) is 11.6. The molecule has 0 aromatic heterocycles. The van der Waals surface area contributed by atoms with Gasteiger partial charge in [-0.3, -0.25) is 19.2 Å². The highest BCUT2D eigenvalue weighted by atomic mass is 32.2. The van der Waals surface area contributed by atoms with Gasteiger partial charge < -0.3 is 21.3 Å². The minimum Gasteiger partial charge on any atom is -0.326 e. The number of hydrogen-bond acceptors (Lipinski definition) is 5. The van der Waals surface area contributed by atoms with Crippen molar-refractivity contribution in [3.63, 3.8) is 0 Å². The number of anilines is 3. The third kappa shape index (κ3) is 9.54. The second-order valence-electron chi connectivity index (χ2n) is 10.9. The Morgan fingerprint density at radius 3 is 1.88 bits per heavy atom. The zero-order valence-corrected chi connectivity index (χ0v) is 27.2. The number of hydrogen-bond donors (Lipinski definition) is 4. The van der Waals surface area contributed by atoms with Crippen molar-refractivity contribution in [3.05, 3.63) is 150 Å². The van der Waals surface area contributed by atoms with E-state index in [1.54, 1.807) is 79.7 Å². The van der Waals surface area contributed by atoms with Crippen LogP contribution in [-0.2, 0) is 14.4 Å². The summed E-state index contributed by atoms with van der Waals surface area (Å²) in [5.41, 5.74) is 5.09. The van der Waals surface area contributed by atoms with E-state index in [9.17, 15) is 19.2 Å². The Bertz CT molecular complexity index is 1930. The molecule has 5 aromatic rings. The number of amides is 4. The molecule has 1 unspecified atom stereocenters. The van der Waals surface area contributed by atoms with Crippen molar-refractivity contribution in [1.82, 2.24) is 5.32 Å². The summed E-state index contributed by atoms with van der Waals surface area (Å²) >= 11 is 1.34. The largest absolute Gasteiger partial charge is 0.326 e. The van der Waals surface area contributed by atoms with E-state index >= 15 is 0 Å². The van der Waals surface area contributed by atoms with E-state index in [4.69, 9.17) is 0 Å². The summed E-state index contributed by atoms with van der Waals surface area (Å²) in [7, 11) is 0. The number of carbonyl (C=O) groups excluding carboxylic acids is 4. The molecule has 0 aliphatic rings. The number of carbonyl (C=O) groups is 4. The molecule has 8 nitrogen and oxygen atoms in total. The maximum Gasteiger partial charge on any atom is 0.272 e. The van der Waals surface area contributed by atoms with Gasteiger partial charge in [-0.15, -0.1) is 11.8 Å². The maximum absolute atomic E-state index is 13.6. The highest BCUT2D eigenvalue weighted by molar-refractivity contribution is 8.00. The van der Waals surface area contributed by atoms with E-state index in [-0.39, 0.29) is 17.5 Å². The zero-order valence-electron chi connectivity index (χ0n) is 26.4. The van der Waals surface area contributed by atoms with Gasteiger partial charge in [-0.05, 0) is 84.3 Å². The Hall–Kier alpha value is -5.93.